The van der Waals surface area contributed by atoms with Crippen molar-refractivity contribution < 1.29 is 17.9 Å². The Morgan fingerprint density at radius 3 is 2.64 bits per heavy atom. The Kier molecular flexibility index (Phi) is 6.72. The van der Waals surface area contributed by atoms with Gasteiger partial charge in [0.1, 0.15) is 22.2 Å². The van der Waals surface area contributed by atoms with Crippen molar-refractivity contribution in [1.82, 2.24) is 10.3 Å². The van der Waals surface area contributed by atoms with Gasteiger partial charge in [0.05, 0.1) is 16.5 Å². The lowest BCUT2D eigenvalue weighted by molar-refractivity contribution is -0.116. The maximum absolute atomic E-state index is 11.6. The van der Waals surface area contributed by atoms with Gasteiger partial charge in [-0.3, -0.25) is 4.79 Å². The van der Waals surface area contributed by atoms with Crippen LogP contribution in [0.15, 0.2) is 35.7 Å². The van der Waals surface area contributed by atoms with Gasteiger partial charge in [-0.05, 0) is 30.7 Å². The maximum atomic E-state index is 11.6. The number of amides is 1. The van der Waals surface area contributed by atoms with E-state index in [-0.39, 0.29) is 18.2 Å². The first-order valence-electron chi connectivity index (χ1n) is 7.59. The zero-order valence-electron chi connectivity index (χ0n) is 14.1. The van der Waals surface area contributed by atoms with E-state index in [1.807, 2.05) is 36.6 Å². The fraction of sp³-hybridized carbons (Fsp3) is 0.294. The smallest absolute Gasteiger partial charge is 0.244 e. The van der Waals surface area contributed by atoms with Crippen LogP contribution < -0.4 is 10.1 Å². The average molecular weight is 380 g/mol. The lowest BCUT2D eigenvalue weighted by atomic mass is 10.2. The minimum Gasteiger partial charge on any atom is -0.487 e. The SMILES string of the molecule is Cc1nc(COc2ccc(/C=C/C(=O)NCCS(C)(=O)=O)cc2)cs1. The van der Waals surface area contributed by atoms with Gasteiger partial charge in [-0.2, -0.15) is 0 Å². The number of benzene rings is 1. The molecular formula is C17H20N2O4S2. The maximum Gasteiger partial charge on any atom is 0.244 e. The van der Waals surface area contributed by atoms with Gasteiger partial charge >= 0.3 is 0 Å². The first-order chi connectivity index (χ1) is 11.8. The van der Waals surface area contributed by atoms with Gasteiger partial charge in [0.2, 0.25) is 5.91 Å². The van der Waals surface area contributed by atoms with E-state index in [0.717, 1.165) is 28.3 Å². The molecule has 2 aromatic rings. The lowest BCUT2D eigenvalue weighted by Crippen LogP contribution is -2.27. The van der Waals surface area contributed by atoms with E-state index in [2.05, 4.69) is 10.3 Å². The third-order valence-electron chi connectivity index (χ3n) is 3.13. The molecule has 0 aliphatic carbocycles. The van der Waals surface area contributed by atoms with Crippen LogP contribution >= 0.6 is 11.3 Å². The predicted molar refractivity (Wildman–Crippen MR) is 99.4 cm³/mol. The Balaban J connectivity index is 1.79. The van der Waals surface area contributed by atoms with Crippen LogP contribution in [0.3, 0.4) is 0 Å². The highest BCUT2D eigenvalue weighted by Crippen LogP contribution is 2.16. The molecule has 0 atom stereocenters. The van der Waals surface area contributed by atoms with E-state index in [9.17, 15) is 13.2 Å². The molecule has 0 saturated heterocycles. The van der Waals surface area contributed by atoms with Crippen LogP contribution in [0.4, 0.5) is 0 Å². The Morgan fingerprint density at radius 1 is 1.32 bits per heavy atom. The molecule has 0 bridgehead atoms. The van der Waals surface area contributed by atoms with Crippen molar-refractivity contribution >= 4 is 33.2 Å². The number of thiazole rings is 1. The van der Waals surface area contributed by atoms with Crippen molar-refractivity contribution in [2.24, 2.45) is 0 Å². The molecule has 0 saturated carbocycles. The van der Waals surface area contributed by atoms with Crippen LogP contribution in [0.25, 0.3) is 6.08 Å². The summed E-state index contributed by atoms with van der Waals surface area (Å²) in [5.41, 5.74) is 1.74. The van der Waals surface area contributed by atoms with Crippen molar-refractivity contribution in [2.75, 3.05) is 18.6 Å². The van der Waals surface area contributed by atoms with E-state index in [1.54, 1.807) is 17.4 Å². The van der Waals surface area contributed by atoms with Crippen molar-refractivity contribution in [3.05, 3.63) is 52.0 Å². The van der Waals surface area contributed by atoms with Crippen LogP contribution in [-0.2, 0) is 21.2 Å². The highest BCUT2D eigenvalue weighted by Gasteiger charge is 2.03. The van der Waals surface area contributed by atoms with Crippen LogP contribution in [0, 0.1) is 6.92 Å². The van der Waals surface area contributed by atoms with Crippen LogP contribution in [-0.4, -0.2) is 37.9 Å². The van der Waals surface area contributed by atoms with Gasteiger partial charge in [-0.1, -0.05) is 12.1 Å². The molecule has 6 nitrogen and oxygen atoms in total. The molecule has 0 aliphatic rings. The van der Waals surface area contributed by atoms with Crippen LogP contribution in [0.1, 0.15) is 16.3 Å². The van der Waals surface area contributed by atoms with E-state index in [0.29, 0.717) is 6.61 Å². The molecule has 0 fully saturated rings. The zero-order chi connectivity index (χ0) is 18.3. The van der Waals surface area contributed by atoms with Gasteiger partial charge in [-0.15, -0.1) is 11.3 Å². The minimum absolute atomic E-state index is 0.0723. The van der Waals surface area contributed by atoms with E-state index >= 15 is 0 Å². The monoisotopic (exact) mass is 380 g/mol. The molecule has 134 valence electrons. The topological polar surface area (TPSA) is 85.4 Å². The molecule has 1 aromatic carbocycles. The van der Waals surface area contributed by atoms with Crippen molar-refractivity contribution in [3.8, 4) is 5.75 Å². The molecular weight excluding hydrogens is 360 g/mol. The largest absolute Gasteiger partial charge is 0.487 e. The first kappa shape index (κ1) is 19.1. The Hall–Kier alpha value is -2.19. The Labute approximate surface area is 151 Å². The molecule has 0 unspecified atom stereocenters. The molecule has 0 aliphatic heterocycles. The van der Waals surface area contributed by atoms with Crippen LogP contribution in [0.5, 0.6) is 5.75 Å². The van der Waals surface area contributed by atoms with E-state index < -0.39 is 9.84 Å². The average Bonchev–Trinajstić information content (AvgIpc) is 2.96. The van der Waals surface area contributed by atoms with Gasteiger partial charge in [0.15, 0.2) is 0 Å². The van der Waals surface area contributed by atoms with Crippen molar-refractivity contribution in [3.63, 3.8) is 0 Å². The fourth-order valence-electron chi connectivity index (χ4n) is 1.90. The minimum atomic E-state index is -3.07. The summed E-state index contributed by atoms with van der Waals surface area (Å²) < 4.78 is 27.6. The third kappa shape index (κ3) is 7.49. The van der Waals surface area contributed by atoms with Crippen molar-refractivity contribution in [2.45, 2.75) is 13.5 Å². The number of hydrogen-bond acceptors (Lipinski definition) is 6. The second kappa shape index (κ2) is 8.77. The van der Waals surface area contributed by atoms with E-state index in [1.165, 1.54) is 6.08 Å². The molecule has 8 heteroatoms. The number of carbonyl (C=O) groups is 1. The summed E-state index contributed by atoms with van der Waals surface area (Å²) in [6, 6.07) is 7.31. The number of sulfone groups is 1. The second-order valence-corrected chi connectivity index (χ2v) is 8.79. The molecule has 0 spiro atoms. The number of ether oxygens (including phenoxy) is 1. The number of aromatic nitrogens is 1. The highest BCUT2D eigenvalue weighted by molar-refractivity contribution is 7.90. The van der Waals surface area contributed by atoms with Crippen LogP contribution in [0.2, 0.25) is 0 Å². The molecule has 1 amide bonds. The summed E-state index contributed by atoms with van der Waals surface area (Å²) in [7, 11) is -3.07. The molecule has 1 aromatic heterocycles. The first-order valence-corrected chi connectivity index (χ1v) is 10.5. The Bertz CT molecular complexity index is 840. The molecule has 25 heavy (non-hydrogen) atoms. The Morgan fingerprint density at radius 2 is 2.04 bits per heavy atom. The highest BCUT2D eigenvalue weighted by atomic mass is 32.2. The van der Waals surface area contributed by atoms with Gasteiger partial charge in [0.25, 0.3) is 0 Å². The molecule has 1 N–H and O–H groups in total. The number of carbonyl (C=O) groups excluding carboxylic acids is 1. The summed E-state index contributed by atoms with van der Waals surface area (Å²) in [6.45, 7) is 2.47. The van der Waals surface area contributed by atoms with Crippen molar-refractivity contribution in [1.29, 1.82) is 0 Å². The quantitative estimate of drug-likeness (QED) is 0.710. The van der Waals surface area contributed by atoms with Gasteiger partial charge in [-0.25, -0.2) is 13.4 Å². The molecule has 1 heterocycles. The normalized spacial score (nSPS) is 11.6. The third-order valence-corrected chi connectivity index (χ3v) is 4.90. The summed E-state index contributed by atoms with van der Waals surface area (Å²) >= 11 is 1.59. The molecule has 0 radical (unpaired) electrons. The number of rotatable bonds is 8. The summed E-state index contributed by atoms with van der Waals surface area (Å²) in [4.78, 5) is 15.9. The number of hydrogen-bond donors (Lipinski definition) is 1. The number of nitrogens with zero attached hydrogens (tertiary/aromatic N) is 1. The summed E-state index contributed by atoms with van der Waals surface area (Å²) in [5, 5.41) is 5.50. The second-order valence-electron chi connectivity index (χ2n) is 5.47. The lowest BCUT2D eigenvalue weighted by Gasteiger charge is -2.04. The van der Waals surface area contributed by atoms with Gasteiger partial charge in [0, 0.05) is 24.3 Å². The summed E-state index contributed by atoms with van der Waals surface area (Å²) in [5.74, 6) is 0.320. The number of nitrogens with one attached hydrogen (secondary N) is 1. The van der Waals surface area contributed by atoms with Gasteiger partial charge < -0.3 is 10.1 Å². The van der Waals surface area contributed by atoms with E-state index in [4.69, 9.17) is 4.74 Å². The standard InChI is InChI=1S/C17H20N2O4S2/c1-13-19-15(12-24-13)11-23-16-6-3-14(4-7-16)5-8-17(20)18-9-10-25(2,21)22/h3-8,12H,9-11H2,1-2H3,(H,18,20)/b8-5+. The summed E-state index contributed by atoms with van der Waals surface area (Å²) in [6.07, 6.45) is 4.16. The fourth-order valence-corrected chi connectivity index (χ4v) is 2.97. The molecule has 2 rings (SSSR count). The zero-order valence-corrected chi connectivity index (χ0v) is 15.7. The predicted octanol–water partition coefficient (Wildman–Crippen LogP) is 2.20. The number of aryl methyl sites for hydroxylation is 1.